The maximum atomic E-state index is 13.6. The van der Waals surface area contributed by atoms with Crippen molar-refractivity contribution >= 4 is 35.6 Å². The number of para-hydroxylation sites is 1. The summed E-state index contributed by atoms with van der Waals surface area (Å²) in [7, 11) is 4.27. The summed E-state index contributed by atoms with van der Waals surface area (Å²) < 4.78 is 0. The lowest BCUT2D eigenvalue weighted by molar-refractivity contribution is -0.121. The molecule has 3 aromatic carbocycles. The first kappa shape index (κ1) is 33.0. The van der Waals surface area contributed by atoms with Crippen LogP contribution in [0.4, 0.5) is 11.4 Å². The lowest BCUT2D eigenvalue weighted by atomic mass is 9.84. The van der Waals surface area contributed by atoms with Crippen LogP contribution in [0.15, 0.2) is 83.9 Å². The van der Waals surface area contributed by atoms with Crippen LogP contribution in [0.3, 0.4) is 0 Å². The number of likely N-dealkylation sites (N-methyl/N-ethyl adjacent to an activating group) is 1. The molecule has 0 spiro atoms. The molecule has 2 aliphatic heterocycles. The number of guanidine groups is 1. The number of aliphatic imine (C=N–C) groups is 1. The van der Waals surface area contributed by atoms with Gasteiger partial charge in [-0.3, -0.25) is 9.69 Å². The highest BCUT2D eigenvalue weighted by Crippen LogP contribution is 2.41. The number of anilines is 1. The van der Waals surface area contributed by atoms with Crippen molar-refractivity contribution in [3.63, 3.8) is 0 Å². The minimum absolute atomic E-state index is 0. The Morgan fingerprint density at radius 2 is 1.56 bits per heavy atom. The summed E-state index contributed by atoms with van der Waals surface area (Å²) in [5.74, 6) is 1.66. The normalized spacial score (nSPS) is 19.1. The van der Waals surface area contributed by atoms with Crippen LogP contribution >= 0.6 is 12.4 Å². The van der Waals surface area contributed by atoms with Crippen molar-refractivity contribution in [1.29, 1.82) is 0 Å². The van der Waals surface area contributed by atoms with E-state index in [1.807, 2.05) is 18.2 Å². The van der Waals surface area contributed by atoms with Gasteiger partial charge in [-0.05, 0) is 62.2 Å². The van der Waals surface area contributed by atoms with Crippen molar-refractivity contribution in [3.05, 3.63) is 95.6 Å². The van der Waals surface area contributed by atoms with Gasteiger partial charge in [0.15, 0.2) is 0 Å². The van der Waals surface area contributed by atoms with Gasteiger partial charge in [0.25, 0.3) is 0 Å². The molecule has 0 radical (unpaired) electrons. The molecule has 7 nitrogen and oxygen atoms in total. The van der Waals surface area contributed by atoms with Gasteiger partial charge < -0.3 is 20.0 Å². The van der Waals surface area contributed by atoms with Gasteiger partial charge in [0, 0.05) is 57.1 Å². The maximum Gasteiger partial charge on any atom is 0.222 e. The monoisotopic (exact) mass is 628 g/mol. The molecule has 8 heteroatoms. The van der Waals surface area contributed by atoms with Gasteiger partial charge in [-0.15, -0.1) is 12.4 Å². The molecule has 1 aliphatic carbocycles. The van der Waals surface area contributed by atoms with Crippen molar-refractivity contribution in [3.8, 4) is 0 Å². The molecule has 1 amide bonds. The average molecular weight is 629 g/mol. The Bertz CT molecular complexity index is 1400. The number of rotatable bonds is 9. The van der Waals surface area contributed by atoms with E-state index in [1.165, 1.54) is 37.7 Å². The summed E-state index contributed by atoms with van der Waals surface area (Å²) >= 11 is 0. The van der Waals surface area contributed by atoms with Crippen LogP contribution in [0.25, 0.3) is 0 Å². The molecule has 3 aliphatic rings. The fourth-order valence-corrected chi connectivity index (χ4v) is 6.93. The Labute approximate surface area is 275 Å². The Morgan fingerprint density at radius 1 is 0.867 bits per heavy atom. The van der Waals surface area contributed by atoms with Gasteiger partial charge in [0.1, 0.15) is 0 Å². The molecule has 1 N–H and O–H groups in total. The van der Waals surface area contributed by atoms with Crippen LogP contribution in [-0.4, -0.2) is 79.9 Å². The van der Waals surface area contributed by atoms with Gasteiger partial charge in [-0.2, -0.15) is 0 Å². The Kier molecular flexibility index (Phi) is 11.5. The molecule has 240 valence electrons. The van der Waals surface area contributed by atoms with Crippen molar-refractivity contribution in [2.75, 3.05) is 58.3 Å². The number of carbonyl (C=O) groups is 1. The molecule has 1 unspecified atom stereocenters. The standard InChI is InChI=1S/C37H48N6O.ClH/c1-40(2)21-22-41-23-25-42(26-24-41)37-39-34-16-10-9-15-33(34)35(27-36(44)38-28-29-11-5-3-6-12-29)43(37)32-19-17-31(18-20-32)30-13-7-4-8-14-30;/h3,5-6,9-12,15-20,30,35H,4,7-8,13-14,21-28H2,1-2H3,(H,38,44);1H. The first-order valence-corrected chi connectivity index (χ1v) is 16.5. The first-order chi connectivity index (χ1) is 21.5. The van der Waals surface area contributed by atoms with Crippen LogP contribution in [0.2, 0.25) is 0 Å². The van der Waals surface area contributed by atoms with E-state index < -0.39 is 0 Å². The summed E-state index contributed by atoms with van der Waals surface area (Å²) in [6, 6.07) is 27.6. The Hall–Kier alpha value is -3.39. The summed E-state index contributed by atoms with van der Waals surface area (Å²) in [4.78, 5) is 28.5. The van der Waals surface area contributed by atoms with Gasteiger partial charge >= 0.3 is 0 Å². The molecule has 3 aromatic rings. The summed E-state index contributed by atoms with van der Waals surface area (Å²) in [6.45, 7) is 6.51. The highest BCUT2D eigenvalue weighted by atomic mass is 35.5. The van der Waals surface area contributed by atoms with E-state index in [0.29, 0.717) is 18.9 Å². The summed E-state index contributed by atoms with van der Waals surface area (Å²) in [5, 5.41) is 3.19. The van der Waals surface area contributed by atoms with Crippen LogP contribution < -0.4 is 10.2 Å². The van der Waals surface area contributed by atoms with E-state index in [9.17, 15) is 4.79 Å². The molecular weight excluding hydrogens is 580 g/mol. The largest absolute Gasteiger partial charge is 0.352 e. The number of halogens is 1. The molecular formula is C37H49ClN6O. The predicted molar refractivity (Wildman–Crippen MR) is 188 cm³/mol. The van der Waals surface area contributed by atoms with E-state index in [4.69, 9.17) is 4.99 Å². The molecule has 1 saturated heterocycles. The number of piperazine rings is 1. The number of fused-ring (bicyclic) bond motifs is 1. The number of hydrogen-bond donors (Lipinski definition) is 1. The van der Waals surface area contributed by atoms with Crippen molar-refractivity contribution in [2.45, 2.75) is 57.0 Å². The van der Waals surface area contributed by atoms with Crippen molar-refractivity contribution in [2.24, 2.45) is 4.99 Å². The van der Waals surface area contributed by atoms with E-state index in [1.54, 1.807) is 0 Å². The van der Waals surface area contributed by atoms with E-state index in [0.717, 1.165) is 67.7 Å². The van der Waals surface area contributed by atoms with E-state index in [2.05, 4.69) is 99.7 Å². The van der Waals surface area contributed by atoms with Crippen molar-refractivity contribution < 1.29 is 4.79 Å². The number of hydrogen-bond acceptors (Lipinski definition) is 6. The van der Waals surface area contributed by atoms with Crippen LogP contribution in [0.5, 0.6) is 0 Å². The maximum absolute atomic E-state index is 13.6. The van der Waals surface area contributed by atoms with E-state index in [-0.39, 0.29) is 24.4 Å². The molecule has 6 rings (SSSR count). The highest BCUT2D eigenvalue weighted by molar-refractivity contribution is 6.01. The molecule has 1 atom stereocenters. The smallest absolute Gasteiger partial charge is 0.222 e. The SMILES string of the molecule is CN(C)CCN1CCN(C2=Nc3ccccc3C(CC(=O)NCc3ccccc3)N2c2ccc(C3CCCCC3)cc2)CC1.Cl. The number of amides is 1. The molecule has 1 saturated carbocycles. The average Bonchev–Trinajstić information content (AvgIpc) is 3.07. The predicted octanol–water partition coefficient (Wildman–Crippen LogP) is 6.59. The van der Waals surface area contributed by atoms with Gasteiger partial charge in [0.2, 0.25) is 11.9 Å². The Balaban J connectivity index is 0.00000400. The third-order valence-corrected chi connectivity index (χ3v) is 9.52. The number of carbonyl (C=O) groups excluding carboxylic acids is 1. The second-order valence-corrected chi connectivity index (χ2v) is 12.9. The van der Waals surface area contributed by atoms with Gasteiger partial charge in [-0.1, -0.05) is 79.9 Å². The Morgan fingerprint density at radius 3 is 2.27 bits per heavy atom. The van der Waals surface area contributed by atoms with Crippen LogP contribution in [0.1, 0.15) is 67.2 Å². The molecule has 0 aromatic heterocycles. The molecule has 45 heavy (non-hydrogen) atoms. The molecule has 2 heterocycles. The lowest BCUT2D eigenvalue weighted by Gasteiger charge is -2.45. The molecule has 2 fully saturated rings. The number of nitrogens with one attached hydrogen (secondary N) is 1. The summed E-state index contributed by atoms with van der Waals surface area (Å²) in [5.41, 5.74) is 5.72. The third-order valence-electron chi connectivity index (χ3n) is 9.52. The van der Waals surface area contributed by atoms with E-state index >= 15 is 0 Å². The van der Waals surface area contributed by atoms with Crippen LogP contribution in [0, 0.1) is 0 Å². The number of benzene rings is 3. The zero-order valence-electron chi connectivity index (χ0n) is 26.9. The van der Waals surface area contributed by atoms with Gasteiger partial charge in [-0.25, -0.2) is 4.99 Å². The second-order valence-electron chi connectivity index (χ2n) is 12.9. The molecule has 0 bridgehead atoms. The van der Waals surface area contributed by atoms with Gasteiger partial charge in [0.05, 0.1) is 18.2 Å². The van der Waals surface area contributed by atoms with Crippen LogP contribution in [-0.2, 0) is 11.3 Å². The minimum Gasteiger partial charge on any atom is -0.352 e. The lowest BCUT2D eigenvalue weighted by Crippen LogP contribution is -2.56. The first-order valence-electron chi connectivity index (χ1n) is 16.5. The highest BCUT2D eigenvalue weighted by Gasteiger charge is 2.36. The summed E-state index contributed by atoms with van der Waals surface area (Å²) in [6.07, 6.45) is 6.94. The fourth-order valence-electron chi connectivity index (χ4n) is 6.93. The zero-order valence-corrected chi connectivity index (χ0v) is 27.7. The quantitative estimate of drug-likeness (QED) is 0.290. The van der Waals surface area contributed by atoms with Crippen molar-refractivity contribution in [1.82, 2.24) is 20.0 Å². The third kappa shape index (κ3) is 8.26. The zero-order chi connectivity index (χ0) is 30.3. The minimum atomic E-state index is -0.151. The second kappa shape index (κ2) is 15.7. The topological polar surface area (TPSA) is 54.4 Å². The fraction of sp³-hybridized carbons (Fsp3) is 0.459. The number of nitrogens with zero attached hydrogens (tertiary/aromatic N) is 5.